The summed E-state index contributed by atoms with van der Waals surface area (Å²) in [6.45, 7) is 0. The molecule has 16 heavy (non-hydrogen) atoms. The first-order valence-electron chi connectivity index (χ1n) is 4.00. The number of halogens is 1. The number of methoxy groups -OCH3 is 1. The van der Waals surface area contributed by atoms with Crippen LogP contribution in [0.15, 0.2) is 11.0 Å². The van der Waals surface area contributed by atoms with E-state index in [1.807, 2.05) is 0 Å². The molecule has 0 spiro atoms. The normalized spacial score (nSPS) is 11.9. The van der Waals surface area contributed by atoms with Gasteiger partial charge in [-0.05, 0) is 6.07 Å². The van der Waals surface area contributed by atoms with Crippen LogP contribution in [0.3, 0.4) is 0 Å². The topological polar surface area (TPSA) is 105 Å². The highest BCUT2D eigenvalue weighted by atomic mass is 35.5. The molecule has 2 N–H and O–H groups in total. The highest BCUT2D eigenvalue weighted by Crippen LogP contribution is 2.36. The van der Waals surface area contributed by atoms with E-state index in [4.69, 9.17) is 20.9 Å². The molecule has 0 amide bonds. The Morgan fingerprint density at radius 3 is 2.81 bits per heavy atom. The fraction of sp³-hybridized carbons (Fsp3) is 0.143. The molecule has 9 heteroatoms. The van der Waals surface area contributed by atoms with E-state index in [2.05, 4.69) is 15.4 Å². The summed E-state index contributed by atoms with van der Waals surface area (Å²) in [6.07, 6.45) is 0. The lowest BCUT2D eigenvalue weighted by atomic mass is 10.3. The first kappa shape index (κ1) is 11.1. The standard InChI is InChI=1S/C7H6ClN3O4S/c1-15-6-3(8)2-4-5(10-11-9-4)7(6)16(12,13)14/h2H,1H3,(H,9,10,11)(H,12,13,14). The molecule has 1 heterocycles. The van der Waals surface area contributed by atoms with Crippen molar-refractivity contribution in [2.24, 2.45) is 0 Å². The van der Waals surface area contributed by atoms with Gasteiger partial charge in [0.2, 0.25) is 0 Å². The number of H-pyrrole nitrogens is 1. The predicted octanol–water partition coefficient (Wildman–Crippen LogP) is 0.867. The minimum atomic E-state index is -4.50. The lowest BCUT2D eigenvalue weighted by Crippen LogP contribution is -2.03. The maximum absolute atomic E-state index is 11.2. The fourth-order valence-electron chi connectivity index (χ4n) is 1.34. The van der Waals surface area contributed by atoms with Crippen molar-refractivity contribution in [1.82, 2.24) is 15.4 Å². The molecule has 0 aliphatic heterocycles. The maximum Gasteiger partial charge on any atom is 0.300 e. The van der Waals surface area contributed by atoms with Crippen LogP contribution >= 0.6 is 11.6 Å². The van der Waals surface area contributed by atoms with Gasteiger partial charge < -0.3 is 4.74 Å². The van der Waals surface area contributed by atoms with E-state index in [9.17, 15) is 8.42 Å². The largest absolute Gasteiger partial charge is 0.494 e. The molecule has 0 aliphatic rings. The average Bonchev–Trinajstić information content (AvgIpc) is 2.60. The Balaban J connectivity index is 3.00. The van der Waals surface area contributed by atoms with Crippen LogP contribution in [0.5, 0.6) is 5.75 Å². The summed E-state index contributed by atoms with van der Waals surface area (Å²) in [5.74, 6) is -0.162. The Labute approximate surface area is 95.1 Å². The van der Waals surface area contributed by atoms with E-state index < -0.39 is 15.0 Å². The van der Waals surface area contributed by atoms with Crippen molar-refractivity contribution in [2.75, 3.05) is 7.11 Å². The number of nitrogens with one attached hydrogen (secondary N) is 1. The van der Waals surface area contributed by atoms with Crippen LogP contribution in [0.25, 0.3) is 11.0 Å². The number of nitrogens with zero attached hydrogens (tertiary/aromatic N) is 2. The number of aromatic nitrogens is 3. The third kappa shape index (κ3) is 1.60. The Morgan fingerprint density at radius 1 is 1.56 bits per heavy atom. The molecule has 2 rings (SSSR count). The maximum atomic E-state index is 11.2. The van der Waals surface area contributed by atoms with Gasteiger partial charge in [-0.15, -0.1) is 5.10 Å². The summed E-state index contributed by atoms with van der Waals surface area (Å²) < 4.78 is 36.3. The molecule has 0 unspecified atom stereocenters. The van der Waals surface area contributed by atoms with Crippen LogP contribution in [0.2, 0.25) is 5.02 Å². The molecular formula is C7H6ClN3O4S. The van der Waals surface area contributed by atoms with Gasteiger partial charge in [0.25, 0.3) is 0 Å². The Bertz CT molecular complexity index is 651. The lowest BCUT2D eigenvalue weighted by Gasteiger charge is -2.07. The van der Waals surface area contributed by atoms with Crippen LogP contribution in [0.1, 0.15) is 0 Å². The highest BCUT2D eigenvalue weighted by molar-refractivity contribution is 7.86. The second-order valence-electron chi connectivity index (χ2n) is 2.90. The summed E-state index contributed by atoms with van der Waals surface area (Å²) in [5, 5.41) is 9.46. The number of benzene rings is 1. The molecule has 1 aromatic heterocycles. The van der Waals surface area contributed by atoms with Crippen molar-refractivity contribution in [3.63, 3.8) is 0 Å². The number of rotatable bonds is 2. The Morgan fingerprint density at radius 2 is 2.25 bits per heavy atom. The van der Waals surface area contributed by atoms with Crippen LogP contribution in [0, 0.1) is 0 Å². The SMILES string of the molecule is COc1c(Cl)cc2[nH]nnc2c1S(=O)(=O)O. The van der Waals surface area contributed by atoms with E-state index in [1.54, 1.807) is 0 Å². The zero-order valence-corrected chi connectivity index (χ0v) is 9.50. The second-order valence-corrected chi connectivity index (χ2v) is 4.67. The molecule has 2 aromatic rings. The van der Waals surface area contributed by atoms with Crippen molar-refractivity contribution >= 4 is 32.8 Å². The average molecular weight is 264 g/mol. The second kappa shape index (κ2) is 3.58. The van der Waals surface area contributed by atoms with E-state index in [-0.39, 0.29) is 16.3 Å². The molecule has 86 valence electrons. The molecule has 0 radical (unpaired) electrons. The van der Waals surface area contributed by atoms with Crippen molar-refractivity contribution in [3.8, 4) is 5.75 Å². The predicted molar refractivity (Wildman–Crippen MR) is 55.3 cm³/mol. The smallest absolute Gasteiger partial charge is 0.300 e. The molecule has 0 atom stereocenters. The summed E-state index contributed by atoms with van der Waals surface area (Å²) in [7, 11) is -3.26. The van der Waals surface area contributed by atoms with Gasteiger partial charge in [0.05, 0.1) is 17.6 Å². The third-order valence-electron chi connectivity index (χ3n) is 1.95. The molecule has 0 fully saturated rings. The van der Waals surface area contributed by atoms with E-state index >= 15 is 0 Å². The number of fused-ring (bicyclic) bond motifs is 1. The summed E-state index contributed by atoms with van der Waals surface area (Å²) >= 11 is 5.80. The summed E-state index contributed by atoms with van der Waals surface area (Å²) in [4.78, 5) is -0.494. The number of hydrogen-bond donors (Lipinski definition) is 2. The zero-order valence-electron chi connectivity index (χ0n) is 7.93. The van der Waals surface area contributed by atoms with Gasteiger partial charge in [-0.25, -0.2) is 0 Å². The van der Waals surface area contributed by atoms with Gasteiger partial charge in [0.1, 0.15) is 5.52 Å². The van der Waals surface area contributed by atoms with Gasteiger partial charge >= 0.3 is 10.1 Å². The van der Waals surface area contributed by atoms with Crippen molar-refractivity contribution in [2.45, 2.75) is 4.90 Å². The number of ether oxygens (including phenoxy) is 1. The highest BCUT2D eigenvalue weighted by Gasteiger charge is 2.25. The van der Waals surface area contributed by atoms with Crippen molar-refractivity contribution in [3.05, 3.63) is 11.1 Å². The molecule has 1 aromatic carbocycles. The van der Waals surface area contributed by atoms with Crippen molar-refractivity contribution < 1.29 is 17.7 Å². The van der Waals surface area contributed by atoms with Crippen molar-refractivity contribution in [1.29, 1.82) is 0 Å². The van der Waals surface area contributed by atoms with Crippen LogP contribution in [-0.2, 0) is 10.1 Å². The van der Waals surface area contributed by atoms with Gasteiger partial charge in [-0.2, -0.15) is 8.42 Å². The van der Waals surface area contributed by atoms with E-state index in [0.29, 0.717) is 5.52 Å². The summed E-state index contributed by atoms with van der Waals surface area (Å²) in [5.41, 5.74) is 0.266. The monoisotopic (exact) mass is 263 g/mol. The molecule has 0 aliphatic carbocycles. The zero-order chi connectivity index (χ0) is 11.9. The van der Waals surface area contributed by atoms with E-state index in [1.165, 1.54) is 13.2 Å². The first-order chi connectivity index (χ1) is 7.45. The van der Waals surface area contributed by atoms with Gasteiger partial charge in [-0.3, -0.25) is 9.65 Å². The molecule has 0 saturated carbocycles. The minimum Gasteiger partial charge on any atom is -0.494 e. The van der Waals surface area contributed by atoms with Gasteiger partial charge in [0, 0.05) is 0 Å². The Hall–Kier alpha value is -1.38. The van der Waals surface area contributed by atoms with Gasteiger partial charge in [0.15, 0.2) is 10.6 Å². The van der Waals surface area contributed by atoms with Crippen LogP contribution in [-0.4, -0.2) is 35.5 Å². The first-order valence-corrected chi connectivity index (χ1v) is 5.81. The van der Waals surface area contributed by atoms with Gasteiger partial charge in [-0.1, -0.05) is 16.8 Å². The Kier molecular flexibility index (Phi) is 2.49. The lowest BCUT2D eigenvalue weighted by molar-refractivity contribution is 0.399. The molecule has 0 bridgehead atoms. The number of hydrogen-bond acceptors (Lipinski definition) is 5. The minimum absolute atomic E-state index is 0.0243. The molecule has 7 nitrogen and oxygen atoms in total. The fourth-order valence-corrected chi connectivity index (χ4v) is 2.50. The summed E-state index contributed by atoms with van der Waals surface area (Å²) in [6, 6.07) is 1.41. The van der Waals surface area contributed by atoms with E-state index in [0.717, 1.165) is 0 Å². The van der Waals surface area contributed by atoms with Crippen LogP contribution in [0.4, 0.5) is 0 Å². The van der Waals surface area contributed by atoms with Crippen LogP contribution < -0.4 is 4.74 Å². The third-order valence-corrected chi connectivity index (χ3v) is 3.12. The molecule has 0 saturated heterocycles. The molecular weight excluding hydrogens is 258 g/mol. The quantitative estimate of drug-likeness (QED) is 0.779. The number of aromatic amines is 1.